The number of hydrogen-bond acceptors (Lipinski definition) is 23. The molecule has 0 saturated carbocycles. The van der Waals surface area contributed by atoms with Crippen molar-refractivity contribution in [1.29, 1.82) is 0 Å². The second-order valence-electron chi connectivity index (χ2n) is 16.1. The molecule has 68 heavy (non-hydrogen) atoms. The molecule has 2 saturated heterocycles. The highest BCUT2D eigenvalue weighted by Crippen LogP contribution is 2.29. The molecule has 14 N–H and O–H groups in total. The summed E-state index contributed by atoms with van der Waals surface area (Å²) in [5.74, 6) is -3.80. The summed E-state index contributed by atoms with van der Waals surface area (Å²) in [6, 6.07) is -0.898. The Hall–Kier alpha value is -4.27. The predicted molar refractivity (Wildman–Crippen MR) is 227 cm³/mol. The van der Waals surface area contributed by atoms with Crippen LogP contribution in [0.1, 0.15) is 89.9 Å². The highest BCUT2D eigenvalue weighted by atomic mass is 16.7. The summed E-state index contributed by atoms with van der Waals surface area (Å²) in [6.07, 6.45) is -13.7. The van der Waals surface area contributed by atoms with Crippen LogP contribution in [-0.2, 0) is 47.7 Å². The first kappa shape index (κ1) is 59.9. The smallest absolute Gasteiger partial charge is 0.306 e. The van der Waals surface area contributed by atoms with Crippen molar-refractivity contribution in [2.45, 2.75) is 151 Å². The lowest BCUT2D eigenvalue weighted by Crippen LogP contribution is -2.65. The number of aliphatic hydroxyl groups is 7. The van der Waals surface area contributed by atoms with Crippen LogP contribution >= 0.6 is 0 Å². The van der Waals surface area contributed by atoms with Gasteiger partial charge in [0, 0.05) is 71.4 Å². The number of aliphatic hydroxyl groups excluding tert-OH is 7. The normalized spacial score (nSPS) is 24.8. The molecular formula is C40H71N7O21. The van der Waals surface area contributed by atoms with Crippen molar-refractivity contribution in [1.82, 2.24) is 31.1 Å². The van der Waals surface area contributed by atoms with Crippen molar-refractivity contribution in [3.63, 3.8) is 0 Å². The van der Waals surface area contributed by atoms with Gasteiger partial charge in [-0.3, -0.25) is 44.4 Å². The van der Waals surface area contributed by atoms with E-state index in [0.717, 1.165) is 0 Å². The molecule has 2 aliphatic heterocycles. The lowest BCUT2D eigenvalue weighted by molar-refractivity contribution is -0.325. The summed E-state index contributed by atoms with van der Waals surface area (Å²) in [5, 5.41) is 123. The molecule has 2 aliphatic rings. The molecule has 0 spiro atoms. The first-order valence-corrected chi connectivity index (χ1v) is 22.5. The standard InChI is InChI=1S/C40H71N7O21/c1-41-24(22-49)37-35(58)36(59)38(39(60)67-37)68-40-32(44-61)34(57)33(56)25(66-40)23-65-31(55)15-14-30(54)46(63)19-7-3-5-17-42-26(50)10-12-28(52)45(62)18-6-2-4-16-43-27(51)11-13-29(53)47(64)20-8-9-21-48/h24-25,33-41,48-49,56-64H,2-23H2,1H3,(H,42,50)(H,43,51)/t24?,25-,33-,34-,35+,36+,37-,38-,39?,40-/m1/s1. The molecule has 5 amide bonds. The van der Waals surface area contributed by atoms with E-state index >= 15 is 0 Å². The van der Waals surface area contributed by atoms with Gasteiger partial charge in [0.05, 0.1) is 19.1 Å². The van der Waals surface area contributed by atoms with E-state index in [-0.39, 0.29) is 64.4 Å². The van der Waals surface area contributed by atoms with Crippen LogP contribution in [0, 0.1) is 0 Å². The van der Waals surface area contributed by atoms with E-state index in [1.807, 2.05) is 0 Å². The van der Waals surface area contributed by atoms with Gasteiger partial charge in [0.25, 0.3) is 0 Å². The van der Waals surface area contributed by atoms with Crippen LogP contribution in [0.5, 0.6) is 0 Å². The number of carbonyl (C=O) groups is 6. The Kier molecular flexibility index (Phi) is 28.6. The quantitative estimate of drug-likeness (QED) is 0.00994. The second-order valence-corrected chi connectivity index (χ2v) is 16.1. The van der Waals surface area contributed by atoms with E-state index in [1.165, 1.54) is 7.05 Å². The first-order valence-electron chi connectivity index (χ1n) is 22.5. The molecule has 2 unspecified atom stereocenters. The second kappa shape index (κ2) is 32.5. The Bertz CT molecular complexity index is 1580. The van der Waals surface area contributed by atoms with Crippen molar-refractivity contribution in [2.24, 2.45) is 5.16 Å². The molecule has 2 fully saturated rings. The van der Waals surface area contributed by atoms with Crippen molar-refractivity contribution in [3.8, 4) is 0 Å². The summed E-state index contributed by atoms with van der Waals surface area (Å²) in [7, 11) is 1.44. The number of carbonyl (C=O) groups excluding carboxylic acids is 6. The average molecular weight is 986 g/mol. The highest BCUT2D eigenvalue weighted by molar-refractivity contribution is 5.92. The number of oxime groups is 1. The van der Waals surface area contributed by atoms with Gasteiger partial charge in [-0.25, -0.2) is 15.2 Å². The van der Waals surface area contributed by atoms with Gasteiger partial charge < -0.3 is 75.9 Å². The van der Waals surface area contributed by atoms with E-state index in [9.17, 15) is 80.2 Å². The molecule has 28 heteroatoms. The molecule has 0 bridgehead atoms. The zero-order chi connectivity index (χ0) is 50.8. The third-order valence-electron chi connectivity index (χ3n) is 11.0. The fraction of sp³-hybridized carbons (Fsp3) is 0.825. The molecule has 0 aromatic heterocycles. The van der Waals surface area contributed by atoms with Gasteiger partial charge in [-0.05, 0) is 58.4 Å². The van der Waals surface area contributed by atoms with E-state index < -0.39 is 123 Å². The van der Waals surface area contributed by atoms with E-state index in [2.05, 4.69) is 21.1 Å². The molecule has 2 heterocycles. The molecule has 0 aliphatic carbocycles. The number of ether oxygens (including phenoxy) is 4. The van der Waals surface area contributed by atoms with Crippen LogP contribution in [-0.4, -0.2) is 234 Å². The Morgan fingerprint density at radius 1 is 0.662 bits per heavy atom. The molecule has 0 aromatic carbocycles. The van der Waals surface area contributed by atoms with Crippen LogP contribution in [0.15, 0.2) is 5.16 Å². The lowest BCUT2D eigenvalue weighted by Gasteiger charge is -2.45. The summed E-state index contributed by atoms with van der Waals surface area (Å²) >= 11 is 0. The van der Waals surface area contributed by atoms with Crippen molar-refractivity contribution >= 4 is 41.2 Å². The van der Waals surface area contributed by atoms with Crippen molar-refractivity contribution in [2.75, 3.05) is 59.6 Å². The van der Waals surface area contributed by atoms with Gasteiger partial charge in [0.15, 0.2) is 6.29 Å². The zero-order valence-electron chi connectivity index (χ0n) is 38.1. The third-order valence-corrected chi connectivity index (χ3v) is 11.0. The minimum absolute atomic E-state index is 0.0209. The largest absolute Gasteiger partial charge is 0.463 e. The van der Waals surface area contributed by atoms with Crippen LogP contribution in [0.25, 0.3) is 0 Å². The first-order chi connectivity index (χ1) is 32.4. The maximum atomic E-state index is 12.4. The lowest BCUT2D eigenvalue weighted by atomic mass is 9.94. The number of amides is 5. The monoisotopic (exact) mass is 985 g/mol. The molecular weight excluding hydrogens is 914 g/mol. The van der Waals surface area contributed by atoms with E-state index in [1.54, 1.807) is 0 Å². The molecule has 0 radical (unpaired) electrons. The topological polar surface area (TPSA) is 420 Å². The fourth-order valence-corrected chi connectivity index (χ4v) is 6.82. The molecule has 392 valence electrons. The summed E-state index contributed by atoms with van der Waals surface area (Å²) in [5.41, 5.74) is -0.698. The number of likely N-dealkylation sites (N-methyl/N-ethyl adjacent to an activating group) is 1. The SMILES string of the molecule is CNC(CO)[C@H]1OC(O)[C@H](O[C@H]2O[C@H](COC(=O)CCC(=O)N(O)CCCCCNC(=O)CCC(=O)N(O)CCCCCNC(=O)CCC(=O)N(O)CCCCO)[C@@H](O)[C@H](O)C2=NO)[C@@H](O)[C@@H]1O. The maximum absolute atomic E-state index is 12.4. The van der Waals surface area contributed by atoms with E-state index in [4.69, 9.17) is 24.1 Å². The summed E-state index contributed by atoms with van der Waals surface area (Å²) in [4.78, 5) is 73.0. The number of hydrogen-bond donors (Lipinski definition) is 14. The Morgan fingerprint density at radius 3 is 1.63 bits per heavy atom. The Balaban J connectivity index is 1.58. The maximum Gasteiger partial charge on any atom is 0.306 e. The van der Waals surface area contributed by atoms with Gasteiger partial charge in [0.2, 0.25) is 35.8 Å². The number of unbranched alkanes of at least 4 members (excludes halogenated alkanes) is 5. The van der Waals surface area contributed by atoms with Crippen LogP contribution in [0.3, 0.4) is 0 Å². The van der Waals surface area contributed by atoms with Crippen LogP contribution in [0.4, 0.5) is 0 Å². The number of hydroxylamine groups is 6. The number of nitrogens with zero attached hydrogens (tertiary/aromatic N) is 4. The number of rotatable bonds is 32. The van der Waals surface area contributed by atoms with Crippen molar-refractivity contribution < 1.29 is 104 Å². The number of nitrogens with one attached hydrogen (secondary N) is 3. The molecule has 10 atom stereocenters. The Morgan fingerprint density at radius 2 is 1.16 bits per heavy atom. The van der Waals surface area contributed by atoms with Gasteiger partial charge in [-0.15, -0.1) is 0 Å². The molecule has 28 nitrogen and oxygen atoms in total. The molecule has 0 aromatic rings. The van der Waals surface area contributed by atoms with Gasteiger partial charge in [0.1, 0.15) is 55.0 Å². The average Bonchev–Trinajstić information content (AvgIpc) is 3.32. The summed E-state index contributed by atoms with van der Waals surface area (Å²) < 4.78 is 21.4. The fourth-order valence-electron chi connectivity index (χ4n) is 6.82. The molecule has 2 rings (SSSR count). The zero-order valence-corrected chi connectivity index (χ0v) is 38.1. The van der Waals surface area contributed by atoms with Gasteiger partial charge >= 0.3 is 5.97 Å². The minimum atomic E-state index is -1.96. The van der Waals surface area contributed by atoms with Gasteiger partial charge in [-0.2, -0.15) is 0 Å². The van der Waals surface area contributed by atoms with Gasteiger partial charge in [-0.1, -0.05) is 5.16 Å². The van der Waals surface area contributed by atoms with Crippen LogP contribution in [0.2, 0.25) is 0 Å². The van der Waals surface area contributed by atoms with Crippen LogP contribution < -0.4 is 16.0 Å². The summed E-state index contributed by atoms with van der Waals surface area (Å²) in [6.45, 7) is -0.763. The highest BCUT2D eigenvalue weighted by Gasteiger charge is 2.51. The number of esters is 1. The minimum Gasteiger partial charge on any atom is -0.463 e. The Labute approximate surface area is 392 Å². The predicted octanol–water partition coefficient (Wildman–Crippen LogP) is -4.45. The third kappa shape index (κ3) is 20.8. The van der Waals surface area contributed by atoms with Crippen molar-refractivity contribution in [3.05, 3.63) is 0 Å². The van der Waals surface area contributed by atoms with E-state index in [0.29, 0.717) is 73.1 Å².